The molecule has 1 fully saturated rings. The summed E-state index contributed by atoms with van der Waals surface area (Å²) in [5.41, 5.74) is 3.08. The van der Waals surface area contributed by atoms with Crippen LogP contribution in [0.15, 0.2) is 72.7 Å². The third kappa shape index (κ3) is 6.32. The Morgan fingerprint density at radius 1 is 1.29 bits per heavy atom. The number of pyridine rings is 1. The topological polar surface area (TPSA) is 126 Å². The molecule has 2 aliphatic heterocycles. The van der Waals surface area contributed by atoms with Gasteiger partial charge in [-0.25, -0.2) is 19.9 Å². The van der Waals surface area contributed by atoms with E-state index in [0.29, 0.717) is 53.2 Å². The molecule has 2 aromatic heterocycles. The van der Waals surface area contributed by atoms with E-state index in [1.54, 1.807) is 12.2 Å². The number of carbonyl (C=O) groups excluding carboxylic acids is 1. The first-order valence-electron chi connectivity index (χ1n) is 13.6. The molecule has 1 aromatic carbocycles. The summed E-state index contributed by atoms with van der Waals surface area (Å²) < 4.78 is 12.2. The lowest BCUT2D eigenvalue weighted by Gasteiger charge is -2.36. The summed E-state index contributed by atoms with van der Waals surface area (Å²) in [6, 6.07) is 7.68. The zero-order valence-electron chi connectivity index (χ0n) is 23.0. The molecule has 0 saturated carbocycles. The van der Waals surface area contributed by atoms with Crippen LogP contribution in [0.2, 0.25) is 0 Å². The summed E-state index contributed by atoms with van der Waals surface area (Å²) in [5, 5.41) is 10.4. The zero-order chi connectivity index (χ0) is 28.8. The Hall–Kier alpha value is -4.86. The van der Waals surface area contributed by atoms with E-state index in [1.807, 2.05) is 31.2 Å². The number of ether oxygens (including phenoxy) is 2. The highest BCUT2D eigenvalue weighted by Gasteiger charge is 2.34. The Balaban J connectivity index is 1.36. The SMILES string of the molecule is C=CC(=O)CCC1CCN2C[C@@H]1COc1cc3ncnc(Nc4ccc(O/C(C=C)=C/C=NC=N)c(C)c4)c3nc12. The van der Waals surface area contributed by atoms with Gasteiger partial charge in [-0.2, -0.15) is 0 Å². The summed E-state index contributed by atoms with van der Waals surface area (Å²) in [6.07, 6.45) is 11.0. The van der Waals surface area contributed by atoms with Crippen molar-refractivity contribution in [1.29, 1.82) is 5.41 Å². The monoisotopic (exact) mass is 551 g/mol. The molecule has 0 spiro atoms. The average molecular weight is 552 g/mol. The second kappa shape index (κ2) is 12.5. The molecule has 4 heterocycles. The molecule has 2 aliphatic rings. The minimum Gasteiger partial charge on any atom is -0.489 e. The van der Waals surface area contributed by atoms with Crippen molar-refractivity contribution in [2.45, 2.75) is 26.2 Å². The number of anilines is 3. The van der Waals surface area contributed by atoms with Gasteiger partial charge in [0.25, 0.3) is 0 Å². The van der Waals surface area contributed by atoms with E-state index >= 15 is 0 Å². The molecule has 1 unspecified atom stereocenters. The van der Waals surface area contributed by atoms with Crippen LogP contribution in [0.25, 0.3) is 11.0 Å². The summed E-state index contributed by atoms with van der Waals surface area (Å²) in [4.78, 5) is 31.8. The average Bonchev–Trinajstić information content (AvgIpc) is 3.12. The third-order valence-corrected chi connectivity index (χ3v) is 7.46. The number of hydrogen-bond acceptors (Lipinski definition) is 9. The van der Waals surface area contributed by atoms with Crippen LogP contribution in [0.5, 0.6) is 11.5 Å². The van der Waals surface area contributed by atoms with E-state index in [9.17, 15) is 4.79 Å². The van der Waals surface area contributed by atoms with Crippen LogP contribution in [-0.2, 0) is 4.79 Å². The molecule has 210 valence electrons. The molecule has 10 nitrogen and oxygen atoms in total. The van der Waals surface area contributed by atoms with Gasteiger partial charge in [0.2, 0.25) is 0 Å². The van der Waals surface area contributed by atoms with E-state index in [1.165, 1.54) is 18.6 Å². The van der Waals surface area contributed by atoms with E-state index in [0.717, 1.165) is 55.1 Å². The predicted octanol–water partition coefficient (Wildman–Crippen LogP) is 5.57. The standard InChI is InChI=1S/C31H33N7O3/c1-4-24(39)8-6-21-11-13-38-16-22(21)17-40-28-15-26-29(37-31(28)38)30(35-19-34-26)36-23-7-9-27(20(3)14-23)41-25(5-2)10-12-33-18-32/h4-5,7,9-10,12,14-15,18-19,21-22,32H,1-2,6,8,11,13,16-17H2,3H3,(H,34,35,36)/b25-10+,32-18?,33-12?/t21?,22-/m1/s1. The lowest BCUT2D eigenvalue weighted by molar-refractivity contribution is -0.115. The fraction of sp³-hybridized carbons (Fsp3) is 0.290. The number of ketones is 1. The number of fused-ring (bicyclic) bond motifs is 5. The van der Waals surface area contributed by atoms with E-state index in [-0.39, 0.29) is 5.78 Å². The van der Waals surface area contributed by atoms with Gasteiger partial charge in [0.05, 0.1) is 12.1 Å². The molecule has 10 heteroatoms. The molecule has 0 aliphatic carbocycles. The normalized spacial score (nSPS) is 18.3. The quantitative estimate of drug-likeness (QED) is 0.104. The van der Waals surface area contributed by atoms with Crippen molar-refractivity contribution in [3.63, 3.8) is 0 Å². The Kier molecular flexibility index (Phi) is 8.47. The lowest BCUT2D eigenvalue weighted by Crippen LogP contribution is -2.41. The molecule has 41 heavy (non-hydrogen) atoms. The highest BCUT2D eigenvalue weighted by molar-refractivity contribution is 5.90. The van der Waals surface area contributed by atoms with Crippen molar-refractivity contribution in [2.24, 2.45) is 16.8 Å². The van der Waals surface area contributed by atoms with Gasteiger partial charge >= 0.3 is 0 Å². The molecule has 2 N–H and O–H groups in total. The van der Waals surface area contributed by atoms with Crippen molar-refractivity contribution in [2.75, 3.05) is 29.9 Å². The summed E-state index contributed by atoms with van der Waals surface area (Å²) in [7, 11) is 0. The highest BCUT2D eigenvalue weighted by atomic mass is 16.5. The van der Waals surface area contributed by atoms with E-state index in [2.05, 4.69) is 38.3 Å². The number of benzene rings is 1. The molecule has 3 aromatic rings. The van der Waals surface area contributed by atoms with Crippen LogP contribution >= 0.6 is 0 Å². The Morgan fingerprint density at radius 2 is 2.17 bits per heavy atom. The van der Waals surface area contributed by atoms with Crippen molar-refractivity contribution in [1.82, 2.24) is 15.0 Å². The molecular formula is C31H33N7O3. The van der Waals surface area contributed by atoms with Crippen LogP contribution < -0.4 is 19.7 Å². The number of nitrogens with one attached hydrogen (secondary N) is 2. The second-order valence-electron chi connectivity index (χ2n) is 10.1. The highest BCUT2D eigenvalue weighted by Crippen LogP contribution is 2.40. The van der Waals surface area contributed by atoms with Crippen molar-refractivity contribution < 1.29 is 14.3 Å². The number of carbonyl (C=O) groups is 1. The number of rotatable bonds is 11. The predicted molar refractivity (Wildman–Crippen MR) is 162 cm³/mol. The first kappa shape index (κ1) is 27.7. The number of allylic oxidation sites excluding steroid dienone is 3. The largest absolute Gasteiger partial charge is 0.489 e. The molecule has 5 rings (SSSR count). The molecule has 0 amide bonds. The van der Waals surface area contributed by atoms with Gasteiger partial charge in [0.15, 0.2) is 23.2 Å². The van der Waals surface area contributed by atoms with Gasteiger partial charge in [-0.15, -0.1) is 0 Å². The lowest BCUT2D eigenvalue weighted by atomic mass is 9.82. The van der Waals surface area contributed by atoms with Gasteiger partial charge in [-0.1, -0.05) is 13.2 Å². The van der Waals surface area contributed by atoms with Gasteiger partial charge in [-0.05, 0) is 67.7 Å². The van der Waals surface area contributed by atoms with Gasteiger partial charge < -0.3 is 19.7 Å². The fourth-order valence-electron chi connectivity index (χ4n) is 5.26. The Labute approximate surface area is 239 Å². The van der Waals surface area contributed by atoms with Crippen LogP contribution in [0.4, 0.5) is 17.3 Å². The minimum absolute atomic E-state index is 0.0950. The molecule has 2 atom stereocenters. The van der Waals surface area contributed by atoms with Gasteiger partial charge in [0, 0.05) is 43.4 Å². The minimum atomic E-state index is 0.0950. The Morgan fingerprint density at radius 3 is 2.95 bits per heavy atom. The van der Waals surface area contributed by atoms with Crippen molar-refractivity contribution in [3.8, 4) is 11.5 Å². The molecular weight excluding hydrogens is 518 g/mol. The number of aryl methyl sites for hydroxylation is 1. The smallest absolute Gasteiger partial charge is 0.172 e. The first-order chi connectivity index (χ1) is 20.0. The van der Waals surface area contributed by atoms with Gasteiger partial charge in [-0.3, -0.25) is 10.2 Å². The molecule has 2 bridgehead atoms. The zero-order valence-corrected chi connectivity index (χ0v) is 23.0. The maximum absolute atomic E-state index is 11.8. The number of nitrogens with zero attached hydrogens (tertiary/aromatic N) is 5. The van der Waals surface area contributed by atoms with Crippen LogP contribution in [0.1, 0.15) is 24.8 Å². The van der Waals surface area contributed by atoms with Gasteiger partial charge in [0.1, 0.15) is 29.7 Å². The Bertz CT molecular complexity index is 1550. The van der Waals surface area contributed by atoms with E-state index in [4.69, 9.17) is 19.9 Å². The van der Waals surface area contributed by atoms with Crippen LogP contribution in [0.3, 0.4) is 0 Å². The number of aliphatic imine (C=N–C) groups is 1. The third-order valence-electron chi connectivity index (χ3n) is 7.46. The summed E-state index contributed by atoms with van der Waals surface area (Å²) in [6.45, 7) is 11.6. The summed E-state index contributed by atoms with van der Waals surface area (Å²) in [5.74, 6) is 4.16. The van der Waals surface area contributed by atoms with Crippen LogP contribution in [-0.4, -0.2) is 53.0 Å². The second-order valence-corrected chi connectivity index (χ2v) is 10.1. The van der Waals surface area contributed by atoms with E-state index < -0.39 is 0 Å². The maximum Gasteiger partial charge on any atom is 0.172 e. The maximum atomic E-state index is 11.8. The number of aromatic nitrogens is 3. The van der Waals surface area contributed by atoms with Crippen molar-refractivity contribution in [3.05, 3.63) is 73.3 Å². The van der Waals surface area contributed by atoms with Crippen molar-refractivity contribution >= 4 is 46.7 Å². The summed E-state index contributed by atoms with van der Waals surface area (Å²) >= 11 is 0. The fourth-order valence-corrected chi connectivity index (χ4v) is 5.26. The van der Waals surface area contributed by atoms with Crippen LogP contribution in [0, 0.1) is 24.2 Å². The number of hydrogen-bond donors (Lipinski definition) is 2. The molecule has 0 radical (unpaired) electrons. The molecule has 1 saturated heterocycles. The first-order valence-corrected chi connectivity index (χ1v) is 13.6. The number of piperidine rings is 1.